The summed E-state index contributed by atoms with van der Waals surface area (Å²) in [6, 6.07) is 2.04. The average molecular weight is 246 g/mol. The van der Waals surface area contributed by atoms with Crippen LogP contribution in [0.1, 0.15) is 25.0 Å². The Labute approximate surface area is 106 Å². The lowest BCUT2D eigenvalue weighted by Crippen LogP contribution is -2.45. The van der Waals surface area contributed by atoms with Gasteiger partial charge in [0, 0.05) is 26.0 Å². The van der Waals surface area contributed by atoms with Gasteiger partial charge in [0.25, 0.3) is 0 Å². The number of hydrogen-bond acceptors (Lipinski definition) is 4. The molecule has 0 saturated heterocycles. The van der Waals surface area contributed by atoms with Gasteiger partial charge in [0.2, 0.25) is 0 Å². The van der Waals surface area contributed by atoms with E-state index >= 15 is 0 Å². The van der Waals surface area contributed by atoms with Gasteiger partial charge in [-0.05, 0) is 32.3 Å². The third-order valence-electron chi connectivity index (χ3n) is 3.79. The van der Waals surface area contributed by atoms with E-state index < -0.39 is 0 Å². The first-order valence-corrected chi connectivity index (χ1v) is 6.32. The number of aryl methyl sites for hydroxylation is 1. The second-order valence-electron chi connectivity index (χ2n) is 4.99. The lowest BCUT2D eigenvalue weighted by Gasteiger charge is -2.40. The Kier molecular flexibility index (Phi) is 2.70. The summed E-state index contributed by atoms with van der Waals surface area (Å²) in [6.45, 7) is 2.79. The molecule has 0 bridgehead atoms. The Morgan fingerprint density at radius 3 is 3.00 bits per heavy atom. The number of methoxy groups -OCH3 is 1. The maximum Gasteiger partial charge on any atom is 0.152 e. The maximum absolute atomic E-state index is 5.60. The molecule has 96 valence electrons. The van der Waals surface area contributed by atoms with E-state index in [1.165, 1.54) is 6.42 Å². The maximum atomic E-state index is 5.60. The third kappa shape index (κ3) is 1.84. The summed E-state index contributed by atoms with van der Waals surface area (Å²) in [5, 5.41) is 7.78. The Hall–Kier alpha value is -1.62. The molecule has 1 saturated carbocycles. The minimum atomic E-state index is 0.00355. The minimum absolute atomic E-state index is 0.00355. The van der Waals surface area contributed by atoms with Gasteiger partial charge in [-0.25, -0.2) is 9.50 Å². The van der Waals surface area contributed by atoms with E-state index in [4.69, 9.17) is 4.74 Å². The van der Waals surface area contributed by atoms with Gasteiger partial charge in [-0.15, -0.1) is 0 Å². The number of nitrogens with one attached hydrogen (secondary N) is 1. The molecule has 2 aromatic heterocycles. The van der Waals surface area contributed by atoms with Crippen molar-refractivity contribution < 1.29 is 4.74 Å². The predicted octanol–water partition coefficient (Wildman–Crippen LogP) is 2.02. The molecule has 18 heavy (non-hydrogen) atoms. The van der Waals surface area contributed by atoms with Crippen LogP contribution in [0.5, 0.6) is 0 Å². The zero-order chi connectivity index (χ0) is 12.6. The molecule has 2 aromatic rings. The first kappa shape index (κ1) is 11.5. The Morgan fingerprint density at radius 1 is 1.50 bits per heavy atom. The molecule has 1 fully saturated rings. The highest BCUT2D eigenvalue weighted by molar-refractivity contribution is 5.67. The summed E-state index contributed by atoms with van der Waals surface area (Å²) in [5.74, 6) is 0.876. The van der Waals surface area contributed by atoms with Crippen LogP contribution in [0.15, 0.2) is 18.5 Å². The van der Waals surface area contributed by atoms with Crippen LogP contribution in [-0.2, 0) is 4.74 Å². The number of rotatable bonds is 4. The lowest BCUT2D eigenvalue weighted by molar-refractivity contribution is -0.0601. The molecule has 0 atom stereocenters. The van der Waals surface area contributed by atoms with Crippen LogP contribution in [0.2, 0.25) is 0 Å². The van der Waals surface area contributed by atoms with Gasteiger partial charge in [0.1, 0.15) is 5.52 Å². The van der Waals surface area contributed by atoms with Gasteiger partial charge in [-0.1, -0.05) is 0 Å². The first-order valence-electron chi connectivity index (χ1n) is 6.32. The van der Waals surface area contributed by atoms with E-state index in [0.29, 0.717) is 0 Å². The highest BCUT2D eigenvalue weighted by Crippen LogP contribution is 2.35. The van der Waals surface area contributed by atoms with Crippen molar-refractivity contribution in [2.45, 2.75) is 31.8 Å². The number of fused-ring (bicyclic) bond motifs is 1. The Balaban J connectivity index is 1.82. The highest BCUT2D eigenvalue weighted by Gasteiger charge is 2.36. The second-order valence-corrected chi connectivity index (χ2v) is 4.99. The number of aromatic nitrogens is 3. The van der Waals surface area contributed by atoms with Crippen molar-refractivity contribution in [1.82, 2.24) is 14.6 Å². The van der Waals surface area contributed by atoms with Crippen molar-refractivity contribution in [2.75, 3.05) is 19.0 Å². The molecular weight excluding hydrogens is 228 g/mol. The van der Waals surface area contributed by atoms with Crippen LogP contribution >= 0.6 is 0 Å². The summed E-state index contributed by atoms with van der Waals surface area (Å²) in [7, 11) is 1.79. The third-order valence-corrected chi connectivity index (χ3v) is 3.79. The van der Waals surface area contributed by atoms with Crippen LogP contribution in [0.25, 0.3) is 5.52 Å². The molecule has 5 heteroatoms. The Morgan fingerprint density at radius 2 is 2.33 bits per heavy atom. The van der Waals surface area contributed by atoms with Gasteiger partial charge < -0.3 is 10.1 Å². The molecule has 1 aliphatic rings. The molecule has 0 aliphatic heterocycles. The zero-order valence-corrected chi connectivity index (χ0v) is 10.8. The molecule has 1 aliphatic carbocycles. The van der Waals surface area contributed by atoms with Gasteiger partial charge in [-0.3, -0.25) is 0 Å². The van der Waals surface area contributed by atoms with E-state index in [1.54, 1.807) is 13.3 Å². The topological polar surface area (TPSA) is 51.5 Å². The van der Waals surface area contributed by atoms with Crippen molar-refractivity contribution in [3.8, 4) is 0 Å². The van der Waals surface area contributed by atoms with Crippen molar-refractivity contribution in [1.29, 1.82) is 0 Å². The minimum Gasteiger partial charge on any atom is -0.376 e. The molecule has 3 rings (SSSR count). The standard InChI is InChI=1S/C13H18N4O/c1-10-8-11-12(14-6-7-17(11)16-10)15-9-13(18-2)4-3-5-13/h6-8H,3-5,9H2,1-2H3,(H,14,15). The van der Waals surface area contributed by atoms with Crippen LogP contribution in [0.3, 0.4) is 0 Å². The first-order chi connectivity index (χ1) is 8.72. The normalized spacial score (nSPS) is 17.7. The van der Waals surface area contributed by atoms with Gasteiger partial charge in [0.05, 0.1) is 11.3 Å². The molecular formula is C13H18N4O. The predicted molar refractivity (Wildman–Crippen MR) is 69.8 cm³/mol. The highest BCUT2D eigenvalue weighted by atomic mass is 16.5. The van der Waals surface area contributed by atoms with E-state index in [9.17, 15) is 0 Å². The molecule has 2 heterocycles. The summed E-state index contributed by atoms with van der Waals surface area (Å²) in [4.78, 5) is 4.39. The summed E-state index contributed by atoms with van der Waals surface area (Å²) < 4.78 is 7.45. The Bertz CT molecular complexity index is 554. The fraction of sp³-hybridized carbons (Fsp3) is 0.538. The smallest absolute Gasteiger partial charge is 0.152 e. The fourth-order valence-corrected chi connectivity index (χ4v) is 2.45. The van der Waals surface area contributed by atoms with Crippen molar-refractivity contribution >= 4 is 11.3 Å². The monoisotopic (exact) mass is 246 g/mol. The van der Waals surface area contributed by atoms with Gasteiger partial charge in [0.15, 0.2) is 5.82 Å². The van der Waals surface area contributed by atoms with E-state index in [-0.39, 0.29) is 5.60 Å². The van der Waals surface area contributed by atoms with Gasteiger partial charge in [-0.2, -0.15) is 5.10 Å². The van der Waals surface area contributed by atoms with Crippen LogP contribution in [-0.4, -0.2) is 33.9 Å². The summed E-state index contributed by atoms with van der Waals surface area (Å²) >= 11 is 0. The molecule has 0 radical (unpaired) electrons. The van der Waals surface area contributed by atoms with E-state index in [0.717, 1.165) is 36.4 Å². The number of anilines is 1. The molecule has 1 N–H and O–H groups in total. The second kappa shape index (κ2) is 4.24. The van der Waals surface area contributed by atoms with Gasteiger partial charge >= 0.3 is 0 Å². The average Bonchev–Trinajstić information content (AvgIpc) is 2.69. The summed E-state index contributed by atoms with van der Waals surface area (Å²) in [5.41, 5.74) is 2.01. The van der Waals surface area contributed by atoms with Crippen LogP contribution < -0.4 is 5.32 Å². The van der Waals surface area contributed by atoms with E-state index in [1.807, 2.05) is 23.7 Å². The SMILES string of the molecule is COC1(CNc2nccn3nc(C)cc23)CCC1. The van der Waals surface area contributed by atoms with E-state index in [2.05, 4.69) is 15.4 Å². The molecule has 0 spiro atoms. The molecule has 0 unspecified atom stereocenters. The van der Waals surface area contributed by atoms with Crippen LogP contribution in [0, 0.1) is 6.92 Å². The van der Waals surface area contributed by atoms with Crippen molar-refractivity contribution in [3.63, 3.8) is 0 Å². The summed E-state index contributed by atoms with van der Waals surface area (Å²) in [6.07, 6.45) is 7.12. The fourth-order valence-electron chi connectivity index (χ4n) is 2.45. The quantitative estimate of drug-likeness (QED) is 0.896. The number of ether oxygens (including phenoxy) is 1. The molecule has 0 aromatic carbocycles. The zero-order valence-electron chi connectivity index (χ0n) is 10.8. The van der Waals surface area contributed by atoms with Crippen molar-refractivity contribution in [2.24, 2.45) is 0 Å². The number of nitrogens with zero attached hydrogens (tertiary/aromatic N) is 3. The van der Waals surface area contributed by atoms with Crippen LogP contribution in [0.4, 0.5) is 5.82 Å². The lowest BCUT2D eigenvalue weighted by atomic mass is 9.80. The number of hydrogen-bond donors (Lipinski definition) is 1. The largest absolute Gasteiger partial charge is 0.376 e. The molecule has 5 nitrogen and oxygen atoms in total. The van der Waals surface area contributed by atoms with Crippen molar-refractivity contribution in [3.05, 3.63) is 24.2 Å². The molecule has 0 amide bonds.